The molecule has 0 spiro atoms. The third-order valence-corrected chi connectivity index (χ3v) is 5.13. The Morgan fingerprint density at radius 3 is 2.59 bits per heavy atom. The van der Waals surface area contributed by atoms with E-state index in [-0.39, 0.29) is 5.91 Å². The van der Waals surface area contributed by atoms with Crippen molar-refractivity contribution >= 4 is 32.7 Å². The number of nitrogens with one attached hydrogen (secondary N) is 1. The summed E-state index contributed by atoms with van der Waals surface area (Å²) in [6.07, 6.45) is 0. The molecule has 0 radical (unpaired) electrons. The van der Waals surface area contributed by atoms with Gasteiger partial charge >= 0.3 is 0 Å². The molecule has 1 fully saturated rings. The Labute approximate surface area is 166 Å². The maximum atomic E-state index is 13.0. The average Bonchev–Trinajstić information content (AvgIpc) is 2.68. The number of carbonyl (C=O) groups is 1. The molecule has 1 aromatic heterocycles. The van der Waals surface area contributed by atoms with Crippen LogP contribution in [-0.2, 0) is 4.74 Å². The zero-order valence-corrected chi connectivity index (χ0v) is 16.6. The van der Waals surface area contributed by atoms with Crippen molar-refractivity contribution in [1.82, 2.24) is 15.4 Å². The number of hydrazine groups is 1. The number of aryl methyl sites for hydroxylation is 1. The number of carbonyl (C=O) groups excluding carboxylic acids is 1. The van der Waals surface area contributed by atoms with E-state index < -0.39 is 0 Å². The largest absolute Gasteiger partial charge is 0.379 e. The molecule has 1 amide bonds. The van der Waals surface area contributed by atoms with Crippen LogP contribution in [0.25, 0.3) is 22.2 Å². The number of amides is 1. The van der Waals surface area contributed by atoms with E-state index in [4.69, 9.17) is 9.72 Å². The number of rotatable bonds is 3. The van der Waals surface area contributed by atoms with Crippen molar-refractivity contribution in [3.63, 3.8) is 0 Å². The molecule has 5 nitrogen and oxygen atoms in total. The highest BCUT2D eigenvalue weighted by Gasteiger charge is 2.18. The van der Waals surface area contributed by atoms with Crippen molar-refractivity contribution < 1.29 is 9.53 Å². The number of benzene rings is 2. The number of morpholine rings is 1. The average molecular weight is 426 g/mol. The van der Waals surface area contributed by atoms with Crippen molar-refractivity contribution in [1.29, 1.82) is 0 Å². The van der Waals surface area contributed by atoms with Crippen LogP contribution < -0.4 is 5.43 Å². The molecule has 1 N–H and O–H groups in total. The first-order valence-corrected chi connectivity index (χ1v) is 9.70. The summed E-state index contributed by atoms with van der Waals surface area (Å²) >= 11 is 3.50. The zero-order valence-electron chi connectivity index (χ0n) is 15.0. The first kappa shape index (κ1) is 18.1. The van der Waals surface area contributed by atoms with E-state index in [2.05, 4.69) is 40.4 Å². The van der Waals surface area contributed by atoms with E-state index in [1.165, 1.54) is 5.56 Å². The summed E-state index contributed by atoms with van der Waals surface area (Å²) < 4.78 is 6.27. The number of hydrogen-bond donors (Lipinski definition) is 1. The van der Waals surface area contributed by atoms with Crippen molar-refractivity contribution in [2.24, 2.45) is 0 Å². The lowest BCUT2D eigenvalue weighted by Crippen LogP contribution is -2.48. The first-order valence-electron chi connectivity index (χ1n) is 8.91. The Hall–Kier alpha value is -2.28. The van der Waals surface area contributed by atoms with Crippen molar-refractivity contribution in [2.45, 2.75) is 6.92 Å². The number of aromatic nitrogens is 1. The molecular formula is C21H20BrN3O2. The van der Waals surface area contributed by atoms with Crippen molar-refractivity contribution in [2.75, 3.05) is 26.3 Å². The predicted molar refractivity (Wildman–Crippen MR) is 109 cm³/mol. The molecule has 0 unspecified atom stereocenters. The molecule has 0 atom stereocenters. The number of ether oxygens (including phenoxy) is 1. The highest BCUT2D eigenvalue weighted by Crippen LogP contribution is 2.27. The molecule has 0 bridgehead atoms. The van der Waals surface area contributed by atoms with E-state index in [0.717, 1.165) is 26.6 Å². The lowest BCUT2D eigenvalue weighted by atomic mass is 10.0. The Kier molecular flexibility index (Phi) is 5.20. The van der Waals surface area contributed by atoms with Crippen LogP contribution in [0.15, 0.2) is 53.0 Å². The van der Waals surface area contributed by atoms with Gasteiger partial charge in [0.1, 0.15) is 0 Å². The molecule has 2 heterocycles. The van der Waals surface area contributed by atoms with E-state index >= 15 is 0 Å². The van der Waals surface area contributed by atoms with Crippen molar-refractivity contribution in [3.8, 4) is 11.3 Å². The van der Waals surface area contributed by atoms with E-state index in [0.29, 0.717) is 31.9 Å². The lowest BCUT2D eigenvalue weighted by molar-refractivity contribution is 0.0127. The Morgan fingerprint density at radius 1 is 1.11 bits per heavy atom. The molecule has 4 rings (SSSR count). The summed E-state index contributed by atoms with van der Waals surface area (Å²) in [5.41, 5.74) is 7.38. The molecule has 6 heteroatoms. The molecule has 3 aromatic rings. The highest BCUT2D eigenvalue weighted by molar-refractivity contribution is 9.10. The van der Waals surface area contributed by atoms with E-state index in [1.54, 1.807) is 0 Å². The minimum Gasteiger partial charge on any atom is -0.379 e. The van der Waals surface area contributed by atoms with Crippen LogP contribution in [0.4, 0.5) is 0 Å². The van der Waals surface area contributed by atoms with Gasteiger partial charge in [-0.25, -0.2) is 9.99 Å². The van der Waals surface area contributed by atoms with Gasteiger partial charge in [0.25, 0.3) is 5.91 Å². The molecule has 0 saturated carbocycles. The second-order valence-electron chi connectivity index (χ2n) is 6.62. The quantitative estimate of drug-likeness (QED) is 0.689. The Morgan fingerprint density at radius 2 is 1.85 bits per heavy atom. The summed E-state index contributed by atoms with van der Waals surface area (Å²) in [6, 6.07) is 15.9. The molecule has 0 aliphatic carbocycles. The number of pyridine rings is 1. The van der Waals surface area contributed by atoms with Crippen LogP contribution >= 0.6 is 15.9 Å². The van der Waals surface area contributed by atoms with Gasteiger partial charge in [0.05, 0.1) is 30.0 Å². The smallest absolute Gasteiger partial charge is 0.266 e. The van der Waals surface area contributed by atoms with Gasteiger partial charge in [-0.05, 0) is 31.2 Å². The van der Waals surface area contributed by atoms with Gasteiger partial charge in [-0.3, -0.25) is 10.2 Å². The van der Waals surface area contributed by atoms with Crippen LogP contribution in [0.1, 0.15) is 15.9 Å². The van der Waals surface area contributed by atoms with Gasteiger partial charge in [0, 0.05) is 28.5 Å². The topological polar surface area (TPSA) is 54.5 Å². The van der Waals surface area contributed by atoms with Gasteiger partial charge in [0.15, 0.2) is 0 Å². The summed E-state index contributed by atoms with van der Waals surface area (Å²) in [5, 5.41) is 2.73. The maximum absolute atomic E-state index is 13.0. The summed E-state index contributed by atoms with van der Waals surface area (Å²) in [7, 11) is 0. The van der Waals surface area contributed by atoms with Crippen molar-refractivity contribution in [3.05, 3.63) is 64.1 Å². The van der Waals surface area contributed by atoms with Gasteiger partial charge in [-0.15, -0.1) is 0 Å². The first-order chi connectivity index (χ1) is 13.1. The van der Waals surface area contributed by atoms with Gasteiger partial charge in [-0.2, -0.15) is 0 Å². The molecule has 1 aliphatic heterocycles. The molecule has 1 saturated heterocycles. The zero-order chi connectivity index (χ0) is 18.8. The Bertz CT molecular complexity index is 983. The van der Waals surface area contributed by atoms with Gasteiger partial charge in [-0.1, -0.05) is 45.8 Å². The van der Waals surface area contributed by atoms with Crippen LogP contribution in [0, 0.1) is 6.92 Å². The molecule has 138 valence electrons. The minimum absolute atomic E-state index is 0.129. The fourth-order valence-corrected chi connectivity index (χ4v) is 3.50. The number of halogens is 1. The van der Waals surface area contributed by atoms with E-state index in [9.17, 15) is 4.79 Å². The van der Waals surface area contributed by atoms with E-state index in [1.807, 2.05) is 41.4 Å². The fraction of sp³-hybridized carbons (Fsp3) is 0.238. The predicted octanol–water partition coefficient (Wildman–Crippen LogP) is 3.95. The fourth-order valence-electron chi connectivity index (χ4n) is 3.14. The minimum atomic E-state index is -0.129. The van der Waals surface area contributed by atoms with Gasteiger partial charge < -0.3 is 4.74 Å². The third-order valence-electron chi connectivity index (χ3n) is 4.63. The van der Waals surface area contributed by atoms with Crippen LogP contribution in [0.2, 0.25) is 0 Å². The molecular weight excluding hydrogens is 406 g/mol. The van der Waals surface area contributed by atoms with Crippen LogP contribution in [-0.4, -0.2) is 42.2 Å². The molecule has 1 aliphatic rings. The third kappa shape index (κ3) is 4.03. The number of nitrogens with zero attached hydrogens (tertiary/aromatic N) is 2. The SMILES string of the molecule is Cc1ccc(-c2cc(C(=O)NN3CCOCC3)c3cc(Br)ccc3n2)cc1. The summed E-state index contributed by atoms with van der Waals surface area (Å²) in [4.78, 5) is 17.8. The second kappa shape index (κ2) is 7.76. The van der Waals surface area contributed by atoms with Crippen LogP contribution in [0.5, 0.6) is 0 Å². The number of fused-ring (bicyclic) bond motifs is 1. The maximum Gasteiger partial charge on any atom is 0.266 e. The normalized spacial score (nSPS) is 15.0. The highest BCUT2D eigenvalue weighted by atomic mass is 79.9. The monoisotopic (exact) mass is 425 g/mol. The summed E-state index contributed by atoms with van der Waals surface area (Å²) in [6.45, 7) is 4.66. The second-order valence-corrected chi connectivity index (χ2v) is 7.54. The number of hydrogen-bond acceptors (Lipinski definition) is 4. The van der Waals surface area contributed by atoms with Gasteiger partial charge in [0.2, 0.25) is 0 Å². The standard InChI is InChI=1S/C21H20BrN3O2/c1-14-2-4-15(5-3-14)20-13-18(17-12-16(22)6-7-19(17)23-20)21(26)24-25-8-10-27-11-9-25/h2-7,12-13H,8-11H2,1H3,(H,24,26). The Balaban J connectivity index is 1.77. The molecule has 2 aromatic carbocycles. The molecule has 27 heavy (non-hydrogen) atoms. The summed E-state index contributed by atoms with van der Waals surface area (Å²) in [5.74, 6) is -0.129. The van der Waals surface area contributed by atoms with Crippen LogP contribution in [0.3, 0.4) is 0 Å². The lowest BCUT2D eigenvalue weighted by Gasteiger charge is -2.27.